The Kier molecular flexibility index (Phi) is 5.09. The highest BCUT2D eigenvalue weighted by molar-refractivity contribution is 5.92. The molecule has 2 heterocycles. The maximum absolute atomic E-state index is 11.9. The molecule has 0 aromatic carbocycles. The zero-order chi connectivity index (χ0) is 13.5. The van der Waals surface area contributed by atoms with Gasteiger partial charge in [0.25, 0.3) is 5.91 Å². The first-order valence-corrected chi connectivity index (χ1v) is 6.75. The summed E-state index contributed by atoms with van der Waals surface area (Å²) < 4.78 is 5.55. The van der Waals surface area contributed by atoms with Gasteiger partial charge in [0.2, 0.25) is 0 Å². The average Bonchev–Trinajstić information content (AvgIpc) is 2.47. The van der Waals surface area contributed by atoms with Gasteiger partial charge in [-0.1, -0.05) is 0 Å². The van der Waals surface area contributed by atoms with E-state index in [0.717, 1.165) is 32.4 Å². The van der Waals surface area contributed by atoms with Gasteiger partial charge in [0.05, 0.1) is 18.5 Å². The third-order valence-electron chi connectivity index (χ3n) is 3.01. The molecule has 6 heteroatoms. The number of amides is 1. The van der Waals surface area contributed by atoms with Crippen LogP contribution in [0.15, 0.2) is 12.4 Å². The lowest BCUT2D eigenvalue weighted by Crippen LogP contribution is -2.35. The summed E-state index contributed by atoms with van der Waals surface area (Å²) in [6.07, 6.45) is 6.46. The molecule has 1 aromatic rings. The molecule has 1 fully saturated rings. The Labute approximate surface area is 113 Å². The minimum atomic E-state index is -0.204. The molecule has 19 heavy (non-hydrogen) atoms. The van der Waals surface area contributed by atoms with E-state index in [0.29, 0.717) is 18.1 Å². The lowest BCUT2D eigenvalue weighted by Gasteiger charge is -2.22. The van der Waals surface area contributed by atoms with Gasteiger partial charge in [-0.2, -0.15) is 0 Å². The second-order valence-electron chi connectivity index (χ2n) is 4.52. The van der Waals surface area contributed by atoms with E-state index in [1.807, 2.05) is 6.92 Å². The normalized spacial score (nSPS) is 18.9. The molecule has 2 rings (SSSR count). The molecule has 1 saturated heterocycles. The van der Waals surface area contributed by atoms with Gasteiger partial charge in [-0.25, -0.2) is 9.97 Å². The maximum Gasteiger partial charge on any atom is 0.271 e. The van der Waals surface area contributed by atoms with Gasteiger partial charge in [0.1, 0.15) is 11.5 Å². The summed E-state index contributed by atoms with van der Waals surface area (Å²) in [6, 6.07) is 0. The van der Waals surface area contributed by atoms with Crippen molar-refractivity contribution >= 4 is 11.7 Å². The van der Waals surface area contributed by atoms with E-state index < -0.39 is 0 Å². The molecular formula is C13H20N4O2. The van der Waals surface area contributed by atoms with Crippen molar-refractivity contribution < 1.29 is 9.53 Å². The minimum Gasteiger partial charge on any atom is -0.376 e. The Morgan fingerprint density at radius 3 is 2.95 bits per heavy atom. The number of hydrogen-bond donors (Lipinski definition) is 2. The molecule has 1 amide bonds. The predicted octanol–water partition coefficient (Wildman–Crippen LogP) is 1.21. The van der Waals surface area contributed by atoms with E-state index in [1.165, 1.54) is 6.20 Å². The van der Waals surface area contributed by atoms with Crippen molar-refractivity contribution in [3.63, 3.8) is 0 Å². The number of carbonyl (C=O) groups excluding carboxylic acids is 1. The van der Waals surface area contributed by atoms with E-state index in [4.69, 9.17) is 4.74 Å². The topological polar surface area (TPSA) is 76.1 Å². The number of carbonyl (C=O) groups is 1. The Hall–Kier alpha value is -1.69. The fourth-order valence-corrected chi connectivity index (χ4v) is 1.98. The van der Waals surface area contributed by atoms with E-state index >= 15 is 0 Å². The van der Waals surface area contributed by atoms with E-state index in [9.17, 15) is 4.79 Å². The van der Waals surface area contributed by atoms with Gasteiger partial charge in [-0.15, -0.1) is 0 Å². The lowest BCUT2D eigenvalue weighted by molar-refractivity contribution is 0.0168. The van der Waals surface area contributed by atoms with Crippen LogP contribution in [0.25, 0.3) is 0 Å². The van der Waals surface area contributed by atoms with Crippen molar-refractivity contribution in [2.75, 3.05) is 25.0 Å². The molecule has 0 bridgehead atoms. The second kappa shape index (κ2) is 7.04. The van der Waals surface area contributed by atoms with Crippen molar-refractivity contribution in [1.29, 1.82) is 0 Å². The number of anilines is 1. The van der Waals surface area contributed by atoms with Crippen molar-refractivity contribution in [2.24, 2.45) is 0 Å². The van der Waals surface area contributed by atoms with Crippen LogP contribution in [0, 0.1) is 0 Å². The molecule has 1 atom stereocenters. The molecule has 0 aliphatic carbocycles. The molecule has 1 aliphatic rings. The first-order chi connectivity index (χ1) is 9.29. The van der Waals surface area contributed by atoms with Crippen LogP contribution in [0.4, 0.5) is 5.82 Å². The molecular weight excluding hydrogens is 244 g/mol. The van der Waals surface area contributed by atoms with Crippen LogP contribution < -0.4 is 10.6 Å². The highest BCUT2D eigenvalue weighted by Gasteiger charge is 2.15. The number of nitrogens with zero attached hydrogens (tertiary/aromatic N) is 2. The third kappa shape index (κ3) is 4.17. The van der Waals surface area contributed by atoms with Gasteiger partial charge in [0.15, 0.2) is 0 Å². The van der Waals surface area contributed by atoms with Crippen molar-refractivity contribution in [3.05, 3.63) is 18.1 Å². The van der Waals surface area contributed by atoms with E-state index in [1.54, 1.807) is 6.20 Å². The Morgan fingerprint density at radius 1 is 1.42 bits per heavy atom. The Balaban J connectivity index is 1.81. The van der Waals surface area contributed by atoms with E-state index in [2.05, 4.69) is 20.6 Å². The SMILES string of the molecule is CCNc1cnc(C(=O)NCC2CCCCO2)cn1. The summed E-state index contributed by atoms with van der Waals surface area (Å²) in [5.74, 6) is 0.472. The predicted molar refractivity (Wildman–Crippen MR) is 72.1 cm³/mol. The number of nitrogens with one attached hydrogen (secondary N) is 2. The molecule has 1 unspecified atom stereocenters. The van der Waals surface area contributed by atoms with Crippen LogP contribution in [0.3, 0.4) is 0 Å². The fraction of sp³-hybridized carbons (Fsp3) is 0.615. The van der Waals surface area contributed by atoms with Crippen molar-refractivity contribution in [1.82, 2.24) is 15.3 Å². The number of hydrogen-bond acceptors (Lipinski definition) is 5. The van der Waals surface area contributed by atoms with Crippen LogP contribution in [0.2, 0.25) is 0 Å². The Morgan fingerprint density at radius 2 is 2.32 bits per heavy atom. The lowest BCUT2D eigenvalue weighted by atomic mass is 10.1. The summed E-state index contributed by atoms with van der Waals surface area (Å²) in [5, 5.41) is 5.87. The summed E-state index contributed by atoms with van der Waals surface area (Å²) in [4.78, 5) is 20.1. The number of rotatable bonds is 5. The summed E-state index contributed by atoms with van der Waals surface area (Å²) >= 11 is 0. The van der Waals surface area contributed by atoms with Crippen LogP contribution >= 0.6 is 0 Å². The standard InChI is InChI=1S/C13H20N4O2/c1-2-14-12-9-15-11(8-16-12)13(18)17-7-10-5-3-4-6-19-10/h8-10H,2-7H2,1H3,(H,14,16)(H,17,18). The molecule has 0 saturated carbocycles. The Bertz CT molecular complexity index is 402. The summed E-state index contributed by atoms with van der Waals surface area (Å²) in [5.41, 5.74) is 0.331. The van der Waals surface area contributed by atoms with Crippen molar-refractivity contribution in [2.45, 2.75) is 32.3 Å². The number of aromatic nitrogens is 2. The number of ether oxygens (including phenoxy) is 1. The van der Waals surface area contributed by atoms with Crippen LogP contribution in [-0.2, 0) is 4.74 Å². The van der Waals surface area contributed by atoms with Gasteiger partial charge < -0.3 is 15.4 Å². The van der Waals surface area contributed by atoms with Crippen LogP contribution in [0.5, 0.6) is 0 Å². The fourth-order valence-electron chi connectivity index (χ4n) is 1.98. The summed E-state index contributed by atoms with van der Waals surface area (Å²) in [6.45, 7) is 4.08. The van der Waals surface area contributed by atoms with Gasteiger partial charge in [0, 0.05) is 19.7 Å². The minimum absolute atomic E-state index is 0.131. The smallest absolute Gasteiger partial charge is 0.271 e. The van der Waals surface area contributed by atoms with Crippen molar-refractivity contribution in [3.8, 4) is 0 Å². The highest BCUT2D eigenvalue weighted by atomic mass is 16.5. The van der Waals surface area contributed by atoms with Gasteiger partial charge >= 0.3 is 0 Å². The van der Waals surface area contributed by atoms with Crippen LogP contribution in [-0.4, -0.2) is 41.7 Å². The highest BCUT2D eigenvalue weighted by Crippen LogP contribution is 2.11. The first-order valence-electron chi connectivity index (χ1n) is 6.75. The van der Waals surface area contributed by atoms with Crippen LogP contribution in [0.1, 0.15) is 36.7 Å². The largest absolute Gasteiger partial charge is 0.376 e. The van der Waals surface area contributed by atoms with Gasteiger partial charge in [-0.3, -0.25) is 4.79 Å². The second-order valence-corrected chi connectivity index (χ2v) is 4.52. The molecule has 104 valence electrons. The molecule has 0 spiro atoms. The average molecular weight is 264 g/mol. The van der Waals surface area contributed by atoms with Gasteiger partial charge in [-0.05, 0) is 26.2 Å². The summed E-state index contributed by atoms with van der Waals surface area (Å²) in [7, 11) is 0. The molecule has 1 aromatic heterocycles. The quantitative estimate of drug-likeness (QED) is 0.836. The zero-order valence-electron chi connectivity index (χ0n) is 11.2. The third-order valence-corrected chi connectivity index (χ3v) is 3.01. The first kappa shape index (κ1) is 13.7. The molecule has 2 N–H and O–H groups in total. The zero-order valence-corrected chi connectivity index (χ0v) is 11.2. The monoisotopic (exact) mass is 264 g/mol. The molecule has 1 aliphatic heterocycles. The molecule has 0 radical (unpaired) electrons. The molecule has 6 nitrogen and oxygen atoms in total. The maximum atomic E-state index is 11.9. The van der Waals surface area contributed by atoms with E-state index in [-0.39, 0.29) is 12.0 Å².